The number of benzene rings is 1. The molecule has 0 aromatic heterocycles. The lowest BCUT2D eigenvalue weighted by Gasteiger charge is -2.20. The zero-order valence-corrected chi connectivity index (χ0v) is 13.6. The minimum absolute atomic E-state index is 0.315. The second-order valence-electron chi connectivity index (χ2n) is 6.05. The summed E-state index contributed by atoms with van der Waals surface area (Å²) in [5, 5.41) is 0. The molecule has 1 aromatic rings. The van der Waals surface area contributed by atoms with Crippen molar-refractivity contribution in [3.8, 4) is 5.75 Å². The lowest BCUT2D eigenvalue weighted by molar-refractivity contribution is -0.155. The number of nitrogens with two attached hydrogens (primary N) is 1. The highest BCUT2D eigenvalue weighted by atomic mass is 19.2. The van der Waals surface area contributed by atoms with E-state index in [1.807, 2.05) is 0 Å². The quantitative estimate of drug-likeness (QED) is 0.284. The number of hydrogen-bond donors (Lipinski definition) is 1. The lowest BCUT2D eigenvalue weighted by atomic mass is 10.1. The van der Waals surface area contributed by atoms with E-state index in [1.165, 1.54) is 0 Å². The van der Waals surface area contributed by atoms with Crippen molar-refractivity contribution in [2.75, 3.05) is 0 Å². The van der Waals surface area contributed by atoms with Crippen molar-refractivity contribution in [1.82, 2.24) is 0 Å². The van der Waals surface area contributed by atoms with Crippen molar-refractivity contribution in [3.05, 3.63) is 29.1 Å². The van der Waals surface area contributed by atoms with E-state index >= 15 is 0 Å². The minimum Gasteiger partial charge on any atom is -0.460 e. The van der Waals surface area contributed by atoms with E-state index < -0.39 is 58.4 Å². The first kappa shape index (κ1) is 20.8. The van der Waals surface area contributed by atoms with Gasteiger partial charge in [0.05, 0.1) is 0 Å². The summed E-state index contributed by atoms with van der Waals surface area (Å²) in [7, 11) is 0. The van der Waals surface area contributed by atoms with Gasteiger partial charge in [0.2, 0.25) is 34.8 Å². The fourth-order valence-electron chi connectivity index (χ4n) is 1.63. The Morgan fingerprint density at radius 3 is 1.84 bits per heavy atom. The molecule has 2 N–H and O–H groups in total. The van der Waals surface area contributed by atoms with Gasteiger partial charge in [-0.3, -0.25) is 4.79 Å². The maximum Gasteiger partial charge on any atom is 0.328 e. The van der Waals surface area contributed by atoms with Gasteiger partial charge in [0.15, 0.2) is 0 Å². The Balaban J connectivity index is 2.78. The van der Waals surface area contributed by atoms with Crippen molar-refractivity contribution in [1.29, 1.82) is 0 Å². The molecule has 1 aromatic carbocycles. The highest BCUT2D eigenvalue weighted by molar-refractivity contribution is 5.79. The molecule has 0 aliphatic heterocycles. The summed E-state index contributed by atoms with van der Waals surface area (Å²) in [6.07, 6.45) is -0.631. The first-order chi connectivity index (χ1) is 11.3. The standard InChI is InChI=1S/C15H16F5NO4/c1-15(2,3)25-7(22)5-4-6(21)14(23)24-13-11(19)9(17)8(16)10(18)12(13)20/h6H,4-5,21H2,1-3H3/t6-/m1/s1. The first-order valence-electron chi connectivity index (χ1n) is 7.05. The van der Waals surface area contributed by atoms with Crippen LogP contribution in [0, 0.1) is 29.1 Å². The van der Waals surface area contributed by atoms with E-state index in [4.69, 9.17) is 10.5 Å². The van der Waals surface area contributed by atoms with Gasteiger partial charge < -0.3 is 15.2 Å². The maximum absolute atomic E-state index is 13.4. The molecule has 1 atom stereocenters. The van der Waals surface area contributed by atoms with Crippen molar-refractivity contribution in [3.63, 3.8) is 0 Å². The van der Waals surface area contributed by atoms with Crippen molar-refractivity contribution >= 4 is 11.9 Å². The van der Waals surface area contributed by atoms with E-state index in [0.29, 0.717) is 0 Å². The van der Waals surface area contributed by atoms with Crippen molar-refractivity contribution in [2.24, 2.45) is 5.73 Å². The first-order valence-corrected chi connectivity index (χ1v) is 7.05. The van der Waals surface area contributed by atoms with Crippen LogP contribution < -0.4 is 10.5 Å². The average molecular weight is 369 g/mol. The van der Waals surface area contributed by atoms with Crippen LogP contribution in [0.1, 0.15) is 33.6 Å². The van der Waals surface area contributed by atoms with Crippen LogP contribution in [0.3, 0.4) is 0 Å². The number of carbonyl (C=O) groups is 2. The largest absolute Gasteiger partial charge is 0.460 e. The third-order valence-electron chi connectivity index (χ3n) is 2.75. The van der Waals surface area contributed by atoms with Crippen molar-refractivity contribution < 1.29 is 41.0 Å². The Morgan fingerprint density at radius 1 is 0.960 bits per heavy atom. The third-order valence-corrected chi connectivity index (χ3v) is 2.75. The summed E-state index contributed by atoms with van der Waals surface area (Å²) in [4.78, 5) is 23.1. The molecule has 1 rings (SSSR count). The Kier molecular flexibility index (Phi) is 6.47. The summed E-state index contributed by atoms with van der Waals surface area (Å²) in [5.41, 5.74) is 4.63. The molecular formula is C15H16F5NO4. The molecule has 25 heavy (non-hydrogen) atoms. The van der Waals surface area contributed by atoms with Crippen LogP contribution >= 0.6 is 0 Å². The van der Waals surface area contributed by atoms with Gasteiger partial charge in [0.1, 0.15) is 11.6 Å². The van der Waals surface area contributed by atoms with Gasteiger partial charge in [-0.1, -0.05) is 0 Å². The second kappa shape index (κ2) is 7.77. The third kappa shape index (κ3) is 5.38. The molecule has 0 amide bonds. The van der Waals surface area contributed by atoms with E-state index in [0.717, 1.165) is 0 Å². The highest BCUT2D eigenvalue weighted by Crippen LogP contribution is 2.29. The summed E-state index contributed by atoms with van der Waals surface area (Å²) in [5.74, 6) is -15.4. The van der Waals surface area contributed by atoms with Gasteiger partial charge in [0.25, 0.3) is 0 Å². The molecule has 0 bridgehead atoms. The summed E-state index contributed by atoms with van der Waals surface area (Å²) < 4.78 is 74.9. The summed E-state index contributed by atoms with van der Waals surface area (Å²) in [6.45, 7) is 4.84. The fraction of sp³-hybridized carbons (Fsp3) is 0.467. The van der Waals surface area contributed by atoms with Gasteiger partial charge in [-0.15, -0.1) is 0 Å². The van der Waals surface area contributed by atoms with Crippen LogP contribution in [0.5, 0.6) is 5.75 Å². The number of halogens is 5. The summed E-state index contributed by atoms with van der Waals surface area (Å²) >= 11 is 0. The molecule has 10 heteroatoms. The SMILES string of the molecule is CC(C)(C)OC(=O)CC[C@@H](N)C(=O)Oc1c(F)c(F)c(F)c(F)c1F. The maximum atomic E-state index is 13.4. The van der Waals surface area contributed by atoms with E-state index in [1.54, 1.807) is 20.8 Å². The molecular weight excluding hydrogens is 353 g/mol. The number of ether oxygens (including phenoxy) is 2. The van der Waals surface area contributed by atoms with Gasteiger partial charge in [-0.25, -0.2) is 18.0 Å². The second-order valence-corrected chi connectivity index (χ2v) is 6.05. The van der Waals surface area contributed by atoms with Crippen LogP contribution in [0.2, 0.25) is 0 Å². The van der Waals surface area contributed by atoms with E-state index in [-0.39, 0.29) is 12.8 Å². The van der Waals surface area contributed by atoms with Crippen LogP contribution in [0.4, 0.5) is 22.0 Å². The smallest absolute Gasteiger partial charge is 0.328 e. The Labute approximate surface area is 139 Å². The van der Waals surface area contributed by atoms with Crippen molar-refractivity contribution in [2.45, 2.75) is 45.3 Å². The predicted molar refractivity (Wildman–Crippen MR) is 74.9 cm³/mol. The molecule has 0 saturated heterocycles. The average Bonchev–Trinajstić information content (AvgIpc) is 2.51. The molecule has 0 fully saturated rings. The molecule has 0 heterocycles. The monoisotopic (exact) mass is 369 g/mol. The fourth-order valence-corrected chi connectivity index (χ4v) is 1.63. The number of carbonyl (C=O) groups excluding carboxylic acids is 2. The molecule has 0 aliphatic rings. The Bertz CT molecular complexity index is 658. The minimum atomic E-state index is -2.39. The van der Waals surface area contributed by atoms with Crippen LogP contribution in [-0.4, -0.2) is 23.6 Å². The molecule has 5 nitrogen and oxygen atoms in total. The molecule has 0 unspecified atom stereocenters. The van der Waals surface area contributed by atoms with Gasteiger partial charge in [0, 0.05) is 6.42 Å². The normalized spacial score (nSPS) is 12.7. The molecule has 140 valence electrons. The zero-order valence-electron chi connectivity index (χ0n) is 13.6. The predicted octanol–water partition coefficient (Wildman–Crippen LogP) is 2.74. The van der Waals surface area contributed by atoms with Gasteiger partial charge in [-0.2, -0.15) is 8.78 Å². The molecule has 0 aliphatic carbocycles. The van der Waals surface area contributed by atoms with E-state index in [2.05, 4.69) is 4.74 Å². The van der Waals surface area contributed by atoms with Crippen LogP contribution in [0.25, 0.3) is 0 Å². The number of hydrogen-bond acceptors (Lipinski definition) is 5. The molecule has 0 saturated carbocycles. The molecule has 0 spiro atoms. The van der Waals surface area contributed by atoms with Crippen LogP contribution in [0.15, 0.2) is 0 Å². The lowest BCUT2D eigenvalue weighted by Crippen LogP contribution is -2.36. The van der Waals surface area contributed by atoms with Gasteiger partial charge in [-0.05, 0) is 27.2 Å². The van der Waals surface area contributed by atoms with E-state index in [9.17, 15) is 31.5 Å². The molecule has 0 radical (unpaired) electrons. The number of esters is 2. The van der Waals surface area contributed by atoms with Gasteiger partial charge >= 0.3 is 11.9 Å². The topological polar surface area (TPSA) is 78.6 Å². The Hall–Kier alpha value is -2.23. The highest BCUT2D eigenvalue weighted by Gasteiger charge is 2.30. The Morgan fingerprint density at radius 2 is 1.40 bits per heavy atom. The van der Waals surface area contributed by atoms with Crippen LogP contribution in [-0.2, 0) is 14.3 Å². The summed E-state index contributed by atoms with van der Waals surface area (Å²) in [6, 6.07) is -1.54. The number of rotatable bonds is 5. The zero-order chi connectivity index (χ0) is 19.5.